The van der Waals surface area contributed by atoms with Crippen molar-refractivity contribution in [2.45, 2.75) is 83.4 Å². The molecular weight excluding hydrogens is 319 g/mol. The van der Waals surface area contributed by atoms with Crippen LogP contribution in [0.1, 0.15) is 81.5 Å². The molecule has 0 bridgehead atoms. The molecule has 1 aromatic carbocycles. The zero-order valence-electron chi connectivity index (χ0n) is 15.3. The highest BCUT2D eigenvalue weighted by atomic mass is 19.1. The van der Waals surface area contributed by atoms with Crippen LogP contribution < -0.4 is 4.74 Å². The summed E-state index contributed by atoms with van der Waals surface area (Å²) >= 11 is 0. The van der Waals surface area contributed by atoms with E-state index in [4.69, 9.17) is 9.47 Å². The Kier molecular flexibility index (Phi) is 8.78. The van der Waals surface area contributed by atoms with Crippen LogP contribution in [0.3, 0.4) is 0 Å². The van der Waals surface area contributed by atoms with Gasteiger partial charge in [-0.25, -0.2) is 9.18 Å². The highest BCUT2D eigenvalue weighted by Crippen LogP contribution is 2.22. The first kappa shape index (κ1) is 19.7. The molecule has 0 N–H and O–H groups in total. The number of ether oxygens (including phenoxy) is 2. The molecular formula is C21H31FO3. The molecule has 1 aliphatic rings. The number of unbranched alkanes of at least 4 members (excludes halogenated alkanes) is 3. The molecule has 0 saturated heterocycles. The zero-order valence-corrected chi connectivity index (χ0v) is 15.3. The van der Waals surface area contributed by atoms with Gasteiger partial charge in [-0.3, -0.25) is 0 Å². The average Bonchev–Trinajstić information content (AvgIpc) is 2.65. The minimum atomic E-state index is -0.937. The molecule has 4 heteroatoms. The summed E-state index contributed by atoms with van der Waals surface area (Å²) in [5.74, 6) is 0.308. The van der Waals surface area contributed by atoms with Crippen molar-refractivity contribution in [2.24, 2.45) is 0 Å². The highest BCUT2D eigenvalue weighted by Gasteiger charge is 2.18. The molecule has 1 aromatic rings. The lowest BCUT2D eigenvalue weighted by atomic mass is 9.98. The van der Waals surface area contributed by atoms with Crippen molar-refractivity contribution >= 4 is 5.97 Å². The van der Waals surface area contributed by atoms with Gasteiger partial charge in [0.25, 0.3) is 0 Å². The third-order valence-electron chi connectivity index (χ3n) is 4.72. The molecule has 1 saturated carbocycles. The Morgan fingerprint density at radius 1 is 1.12 bits per heavy atom. The fourth-order valence-corrected chi connectivity index (χ4v) is 3.15. The summed E-state index contributed by atoms with van der Waals surface area (Å²) in [6.07, 6.45) is 9.38. The van der Waals surface area contributed by atoms with Gasteiger partial charge in [0.15, 0.2) is 0 Å². The number of alkyl halides is 1. The van der Waals surface area contributed by atoms with Crippen LogP contribution in [-0.2, 0) is 4.74 Å². The maximum Gasteiger partial charge on any atom is 0.338 e. The quantitative estimate of drug-likeness (QED) is 0.391. The standard InChI is InChI=1S/C21H31FO3/c1-2-3-4-6-9-18(22)16-24-19-14-12-17(13-15-19)21(23)25-20-10-7-5-8-11-20/h12-15,18,20H,2-11,16H2,1H3. The minimum Gasteiger partial charge on any atom is -0.491 e. The van der Waals surface area contributed by atoms with Crippen LogP contribution in [-0.4, -0.2) is 24.9 Å². The van der Waals surface area contributed by atoms with Gasteiger partial charge in [0.1, 0.15) is 24.6 Å². The number of hydrogen-bond acceptors (Lipinski definition) is 3. The van der Waals surface area contributed by atoms with E-state index in [1.54, 1.807) is 24.3 Å². The van der Waals surface area contributed by atoms with Gasteiger partial charge >= 0.3 is 5.97 Å². The van der Waals surface area contributed by atoms with Gasteiger partial charge in [0.05, 0.1) is 5.56 Å². The number of hydrogen-bond donors (Lipinski definition) is 0. The predicted molar refractivity (Wildman–Crippen MR) is 97.9 cm³/mol. The van der Waals surface area contributed by atoms with Crippen molar-refractivity contribution in [3.05, 3.63) is 29.8 Å². The second-order valence-electron chi connectivity index (χ2n) is 6.95. The maximum atomic E-state index is 13.8. The first-order chi connectivity index (χ1) is 12.2. The van der Waals surface area contributed by atoms with Crippen molar-refractivity contribution in [1.29, 1.82) is 0 Å². The average molecular weight is 350 g/mol. The van der Waals surface area contributed by atoms with E-state index in [2.05, 4.69) is 6.92 Å². The number of carbonyl (C=O) groups is 1. The largest absolute Gasteiger partial charge is 0.491 e. The second-order valence-corrected chi connectivity index (χ2v) is 6.95. The Morgan fingerprint density at radius 2 is 1.84 bits per heavy atom. The number of esters is 1. The first-order valence-corrected chi connectivity index (χ1v) is 9.77. The Bertz CT molecular complexity index is 494. The van der Waals surface area contributed by atoms with E-state index in [-0.39, 0.29) is 18.7 Å². The zero-order chi connectivity index (χ0) is 17.9. The molecule has 1 unspecified atom stereocenters. The molecule has 0 amide bonds. The smallest absolute Gasteiger partial charge is 0.338 e. The van der Waals surface area contributed by atoms with Gasteiger partial charge in [-0.2, -0.15) is 0 Å². The van der Waals surface area contributed by atoms with Gasteiger partial charge in [-0.05, 0) is 56.4 Å². The molecule has 25 heavy (non-hydrogen) atoms. The van der Waals surface area contributed by atoms with Crippen molar-refractivity contribution in [3.63, 3.8) is 0 Å². The fourth-order valence-electron chi connectivity index (χ4n) is 3.15. The van der Waals surface area contributed by atoms with Gasteiger partial charge < -0.3 is 9.47 Å². The van der Waals surface area contributed by atoms with Gasteiger partial charge in [0, 0.05) is 0 Å². The molecule has 3 nitrogen and oxygen atoms in total. The van der Waals surface area contributed by atoms with Gasteiger partial charge in [0.2, 0.25) is 0 Å². The Balaban J connectivity index is 1.70. The SMILES string of the molecule is CCCCCCC(F)COc1ccc(C(=O)OC2CCCCC2)cc1. The monoisotopic (exact) mass is 350 g/mol. The Morgan fingerprint density at radius 3 is 2.52 bits per heavy atom. The lowest BCUT2D eigenvalue weighted by Gasteiger charge is -2.21. The summed E-state index contributed by atoms with van der Waals surface area (Å²) in [5.41, 5.74) is 0.522. The van der Waals surface area contributed by atoms with Crippen LogP contribution in [0.25, 0.3) is 0 Å². The van der Waals surface area contributed by atoms with Crippen molar-refractivity contribution in [2.75, 3.05) is 6.61 Å². The van der Waals surface area contributed by atoms with E-state index in [0.717, 1.165) is 51.4 Å². The van der Waals surface area contributed by atoms with Gasteiger partial charge in [-0.15, -0.1) is 0 Å². The van der Waals surface area contributed by atoms with Crippen LogP contribution in [0.2, 0.25) is 0 Å². The topological polar surface area (TPSA) is 35.5 Å². The number of rotatable bonds is 10. The Labute approximate surface area is 150 Å². The van der Waals surface area contributed by atoms with Crippen molar-refractivity contribution < 1.29 is 18.7 Å². The van der Waals surface area contributed by atoms with Crippen LogP contribution in [0.15, 0.2) is 24.3 Å². The summed E-state index contributed by atoms with van der Waals surface area (Å²) in [4.78, 5) is 12.1. The molecule has 1 atom stereocenters. The van der Waals surface area contributed by atoms with Crippen molar-refractivity contribution in [1.82, 2.24) is 0 Å². The second kappa shape index (κ2) is 11.1. The highest BCUT2D eigenvalue weighted by molar-refractivity contribution is 5.89. The fraction of sp³-hybridized carbons (Fsp3) is 0.667. The maximum absolute atomic E-state index is 13.8. The minimum absolute atomic E-state index is 0.0529. The summed E-state index contributed by atoms with van der Waals surface area (Å²) in [7, 11) is 0. The third-order valence-corrected chi connectivity index (χ3v) is 4.72. The first-order valence-electron chi connectivity index (χ1n) is 9.77. The van der Waals surface area contributed by atoms with Crippen molar-refractivity contribution in [3.8, 4) is 5.75 Å². The summed E-state index contributed by atoms with van der Waals surface area (Å²) in [5, 5.41) is 0. The van der Waals surface area contributed by atoms with Gasteiger partial charge in [-0.1, -0.05) is 39.0 Å². The molecule has 2 rings (SSSR count). The van der Waals surface area contributed by atoms with E-state index in [1.165, 1.54) is 6.42 Å². The van der Waals surface area contributed by atoms with E-state index < -0.39 is 6.17 Å². The normalized spacial score (nSPS) is 16.4. The van der Waals surface area contributed by atoms with E-state index in [1.807, 2.05) is 0 Å². The van der Waals surface area contributed by atoms with Crippen LogP contribution in [0.4, 0.5) is 4.39 Å². The van der Waals surface area contributed by atoms with Crippen LogP contribution in [0.5, 0.6) is 5.75 Å². The number of carbonyl (C=O) groups excluding carboxylic acids is 1. The number of halogens is 1. The molecule has 1 fully saturated rings. The lowest BCUT2D eigenvalue weighted by molar-refractivity contribution is 0.0211. The van der Waals surface area contributed by atoms with E-state index >= 15 is 0 Å². The molecule has 0 aromatic heterocycles. The molecule has 0 heterocycles. The van der Waals surface area contributed by atoms with E-state index in [0.29, 0.717) is 17.7 Å². The lowest BCUT2D eigenvalue weighted by Crippen LogP contribution is -2.20. The summed E-state index contributed by atoms with van der Waals surface area (Å²) in [6.45, 7) is 2.21. The molecule has 0 radical (unpaired) electrons. The Hall–Kier alpha value is -1.58. The van der Waals surface area contributed by atoms with E-state index in [9.17, 15) is 9.18 Å². The summed E-state index contributed by atoms with van der Waals surface area (Å²) < 4.78 is 24.8. The predicted octanol–water partition coefficient (Wildman–Crippen LogP) is 5.86. The molecule has 0 spiro atoms. The molecule has 1 aliphatic carbocycles. The summed E-state index contributed by atoms with van der Waals surface area (Å²) in [6, 6.07) is 6.80. The molecule has 140 valence electrons. The molecule has 0 aliphatic heterocycles. The van der Waals surface area contributed by atoms with Crippen LogP contribution in [0, 0.1) is 0 Å². The number of benzene rings is 1. The third kappa shape index (κ3) is 7.45. The van der Waals surface area contributed by atoms with Crippen LogP contribution >= 0.6 is 0 Å².